The number of ether oxygens (including phenoxy) is 2. The smallest absolute Gasteiger partial charge is 0.318 e. The maximum absolute atomic E-state index is 9.00. The zero-order valence-corrected chi connectivity index (χ0v) is 14.9. The fourth-order valence-corrected chi connectivity index (χ4v) is 1.75. The number of likely N-dealkylation sites (N-methyl/N-ethyl adjacent to an activating group) is 1. The van der Waals surface area contributed by atoms with Crippen LogP contribution in [0.5, 0.6) is 11.5 Å². The molecule has 25 heavy (non-hydrogen) atoms. The van der Waals surface area contributed by atoms with Crippen molar-refractivity contribution < 1.29 is 23.8 Å². The summed E-state index contributed by atoms with van der Waals surface area (Å²) in [5, 5.41) is 18.3. The molecule has 0 amide bonds. The van der Waals surface area contributed by atoms with Crippen molar-refractivity contribution in [2.24, 2.45) is 0 Å². The van der Waals surface area contributed by atoms with E-state index in [1.807, 2.05) is 43.3 Å². The second-order valence-corrected chi connectivity index (χ2v) is 4.95. The van der Waals surface area contributed by atoms with Gasteiger partial charge >= 0.3 is 6.01 Å². The number of nitrogens with zero attached hydrogens (tertiary/aromatic N) is 3. The van der Waals surface area contributed by atoms with E-state index in [1.54, 1.807) is 7.11 Å². The first-order valence-corrected chi connectivity index (χ1v) is 7.61. The van der Waals surface area contributed by atoms with Gasteiger partial charge in [0.05, 0.1) is 20.2 Å². The number of aliphatic carboxylic acids is 1. The summed E-state index contributed by atoms with van der Waals surface area (Å²) in [6.45, 7) is 2.75. The first-order chi connectivity index (χ1) is 12.0. The van der Waals surface area contributed by atoms with Gasteiger partial charge in [-0.05, 0) is 19.2 Å². The molecule has 0 aliphatic heterocycles. The molecule has 1 aromatic heterocycles. The minimum atomic E-state index is -0.833. The standard InChI is InChI=1S/C14H20N4O3.C2H4O2/c1-15-10-13-16-17-14(21-13)18(2)8-9-20-12-7-5-4-6-11(12)19-3;1-2(3)4/h4-7,15H,8-10H2,1-3H3;1H3,(H,3,4). The summed E-state index contributed by atoms with van der Waals surface area (Å²) in [6.07, 6.45) is 0. The number of benzene rings is 1. The maximum Gasteiger partial charge on any atom is 0.318 e. The second kappa shape index (κ2) is 10.9. The van der Waals surface area contributed by atoms with Crippen LogP contribution in [0.1, 0.15) is 12.8 Å². The number of hydrogen-bond acceptors (Lipinski definition) is 8. The number of hydrogen-bond donors (Lipinski definition) is 2. The van der Waals surface area contributed by atoms with E-state index < -0.39 is 5.97 Å². The molecule has 0 spiro atoms. The van der Waals surface area contributed by atoms with E-state index in [4.69, 9.17) is 23.8 Å². The minimum absolute atomic E-state index is 0.476. The molecule has 0 radical (unpaired) electrons. The number of para-hydroxylation sites is 2. The SMILES string of the molecule is CC(=O)O.CNCc1nnc(N(C)CCOc2ccccc2OC)o1. The molecule has 9 heteroatoms. The molecular weight excluding hydrogens is 328 g/mol. The van der Waals surface area contributed by atoms with Crippen molar-refractivity contribution >= 4 is 12.0 Å². The molecule has 2 rings (SSSR count). The van der Waals surface area contributed by atoms with E-state index in [2.05, 4.69) is 15.5 Å². The zero-order chi connectivity index (χ0) is 18.7. The number of anilines is 1. The van der Waals surface area contributed by atoms with Crippen molar-refractivity contribution in [1.29, 1.82) is 0 Å². The van der Waals surface area contributed by atoms with Gasteiger partial charge in [-0.2, -0.15) is 0 Å². The van der Waals surface area contributed by atoms with Crippen LogP contribution in [-0.2, 0) is 11.3 Å². The molecule has 0 bridgehead atoms. The van der Waals surface area contributed by atoms with Crippen molar-refractivity contribution in [1.82, 2.24) is 15.5 Å². The fourth-order valence-electron chi connectivity index (χ4n) is 1.75. The molecule has 0 aliphatic rings. The van der Waals surface area contributed by atoms with E-state index in [9.17, 15) is 0 Å². The van der Waals surface area contributed by atoms with E-state index >= 15 is 0 Å². The Morgan fingerprint density at radius 3 is 2.56 bits per heavy atom. The lowest BCUT2D eigenvalue weighted by Gasteiger charge is -2.15. The number of carboxylic acid groups (broad SMARTS) is 1. The van der Waals surface area contributed by atoms with E-state index in [0.717, 1.165) is 12.7 Å². The van der Waals surface area contributed by atoms with E-state index in [-0.39, 0.29) is 0 Å². The second-order valence-electron chi connectivity index (χ2n) is 4.95. The highest BCUT2D eigenvalue weighted by atomic mass is 16.5. The summed E-state index contributed by atoms with van der Waals surface area (Å²) < 4.78 is 16.4. The number of nitrogens with one attached hydrogen (secondary N) is 1. The fraction of sp³-hybridized carbons (Fsp3) is 0.438. The molecule has 2 N–H and O–H groups in total. The lowest BCUT2D eigenvalue weighted by molar-refractivity contribution is -0.134. The molecule has 0 unspecified atom stereocenters. The van der Waals surface area contributed by atoms with Crippen molar-refractivity contribution in [2.45, 2.75) is 13.5 Å². The van der Waals surface area contributed by atoms with Gasteiger partial charge in [-0.15, -0.1) is 5.10 Å². The first kappa shape index (κ1) is 20.2. The number of carbonyl (C=O) groups is 1. The van der Waals surface area contributed by atoms with Gasteiger partial charge in [0.1, 0.15) is 6.61 Å². The van der Waals surface area contributed by atoms with Crippen LogP contribution in [0.15, 0.2) is 28.7 Å². The maximum atomic E-state index is 9.00. The summed E-state index contributed by atoms with van der Waals surface area (Å²) in [6, 6.07) is 8.02. The monoisotopic (exact) mass is 352 g/mol. The summed E-state index contributed by atoms with van der Waals surface area (Å²) >= 11 is 0. The number of carboxylic acids is 1. The van der Waals surface area contributed by atoms with Crippen LogP contribution in [-0.4, -0.2) is 55.6 Å². The van der Waals surface area contributed by atoms with Crippen molar-refractivity contribution in [2.75, 3.05) is 39.3 Å². The molecule has 138 valence electrons. The predicted molar refractivity (Wildman–Crippen MR) is 92.1 cm³/mol. The van der Waals surface area contributed by atoms with Gasteiger partial charge in [-0.3, -0.25) is 4.79 Å². The number of aromatic nitrogens is 2. The predicted octanol–water partition coefficient (Wildman–Crippen LogP) is 1.40. The largest absolute Gasteiger partial charge is 0.493 e. The molecule has 0 aliphatic carbocycles. The van der Waals surface area contributed by atoms with Crippen LogP contribution < -0.4 is 19.7 Å². The van der Waals surface area contributed by atoms with Gasteiger partial charge in [-0.25, -0.2) is 0 Å². The Balaban J connectivity index is 0.000000705. The van der Waals surface area contributed by atoms with Gasteiger partial charge in [0.25, 0.3) is 5.97 Å². The van der Waals surface area contributed by atoms with Gasteiger partial charge in [0.2, 0.25) is 5.89 Å². The summed E-state index contributed by atoms with van der Waals surface area (Å²) in [7, 11) is 5.33. The third kappa shape index (κ3) is 7.53. The van der Waals surface area contributed by atoms with Gasteiger partial charge < -0.3 is 29.2 Å². The molecule has 0 saturated carbocycles. The highest BCUT2D eigenvalue weighted by Gasteiger charge is 2.10. The quantitative estimate of drug-likeness (QED) is 0.728. The number of rotatable bonds is 8. The van der Waals surface area contributed by atoms with Gasteiger partial charge in [0.15, 0.2) is 11.5 Å². The van der Waals surface area contributed by atoms with Gasteiger partial charge in [-0.1, -0.05) is 17.2 Å². The van der Waals surface area contributed by atoms with Crippen molar-refractivity contribution in [3.05, 3.63) is 30.2 Å². The van der Waals surface area contributed by atoms with E-state index in [0.29, 0.717) is 37.4 Å². The normalized spacial score (nSPS) is 9.76. The Labute approximate surface area is 146 Å². The lowest BCUT2D eigenvalue weighted by Crippen LogP contribution is -2.24. The van der Waals surface area contributed by atoms with Gasteiger partial charge in [0, 0.05) is 14.0 Å². The molecule has 0 atom stereocenters. The average molecular weight is 352 g/mol. The Morgan fingerprint density at radius 2 is 1.96 bits per heavy atom. The Bertz CT molecular complexity index is 643. The third-order valence-corrected chi connectivity index (χ3v) is 2.86. The van der Waals surface area contributed by atoms with Crippen molar-refractivity contribution in [3.8, 4) is 11.5 Å². The molecule has 9 nitrogen and oxygen atoms in total. The van der Waals surface area contributed by atoms with Crippen molar-refractivity contribution in [3.63, 3.8) is 0 Å². The summed E-state index contributed by atoms with van der Waals surface area (Å²) in [5.74, 6) is 1.16. The Hall–Kier alpha value is -2.81. The van der Waals surface area contributed by atoms with Crippen LogP contribution in [0.2, 0.25) is 0 Å². The molecular formula is C16H24N4O5. The Morgan fingerprint density at radius 1 is 1.32 bits per heavy atom. The van der Waals surface area contributed by atoms with E-state index in [1.165, 1.54) is 0 Å². The number of methoxy groups -OCH3 is 1. The lowest BCUT2D eigenvalue weighted by atomic mass is 10.3. The van der Waals surface area contributed by atoms with Crippen LogP contribution in [0.25, 0.3) is 0 Å². The van der Waals surface area contributed by atoms with Crippen LogP contribution in [0.3, 0.4) is 0 Å². The molecule has 0 fully saturated rings. The van der Waals surface area contributed by atoms with Crippen LogP contribution in [0.4, 0.5) is 6.01 Å². The molecule has 1 heterocycles. The zero-order valence-electron chi connectivity index (χ0n) is 14.9. The highest BCUT2D eigenvalue weighted by molar-refractivity contribution is 5.62. The topological polar surface area (TPSA) is 110 Å². The average Bonchev–Trinajstić information content (AvgIpc) is 3.04. The molecule has 1 aromatic carbocycles. The molecule has 0 saturated heterocycles. The first-order valence-electron chi connectivity index (χ1n) is 7.61. The minimum Gasteiger partial charge on any atom is -0.493 e. The van der Waals surface area contributed by atoms with Crippen LogP contribution in [0, 0.1) is 0 Å². The summed E-state index contributed by atoms with van der Waals surface area (Å²) in [5.41, 5.74) is 0. The third-order valence-electron chi connectivity index (χ3n) is 2.86. The highest BCUT2D eigenvalue weighted by Crippen LogP contribution is 2.25. The summed E-state index contributed by atoms with van der Waals surface area (Å²) in [4.78, 5) is 10.8. The van der Waals surface area contributed by atoms with Crippen LogP contribution >= 0.6 is 0 Å². The molecule has 2 aromatic rings. The Kier molecular flexibility index (Phi) is 8.80.